The summed E-state index contributed by atoms with van der Waals surface area (Å²) in [5.74, 6) is -0.379. The Hall–Kier alpha value is -5.14. The Kier molecular flexibility index (Phi) is 8.16. The lowest BCUT2D eigenvalue weighted by Gasteiger charge is -2.18. The highest BCUT2D eigenvalue weighted by atomic mass is 16.2. The van der Waals surface area contributed by atoms with Crippen molar-refractivity contribution in [1.82, 2.24) is 14.8 Å². The van der Waals surface area contributed by atoms with Crippen LogP contribution in [0.25, 0.3) is 22.2 Å². The van der Waals surface area contributed by atoms with Gasteiger partial charge >= 0.3 is 0 Å². The molecule has 3 N–H and O–H groups in total. The molecule has 0 saturated carbocycles. The van der Waals surface area contributed by atoms with E-state index in [1.165, 1.54) is 18.4 Å². The number of rotatable bonds is 9. The molecule has 0 radical (unpaired) electrons. The molecule has 0 spiro atoms. The molecule has 7 nitrogen and oxygen atoms in total. The van der Waals surface area contributed by atoms with Crippen LogP contribution >= 0.6 is 0 Å². The van der Waals surface area contributed by atoms with Crippen LogP contribution in [0.1, 0.15) is 64.8 Å². The number of anilines is 2. The number of fused-ring (bicyclic) bond motifs is 2. The number of carbonyl (C=O) groups is 2. The Bertz CT molecular complexity index is 1930. The smallest absolute Gasteiger partial charge is 0.258 e. The Morgan fingerprint density at radius 2 is 1.65 bits per heavy atom. The summed E-state index contributed by atoms with van der Waals surface area (Å²) in [5, 5.41) is 10.9. The zero-order chi connectivity index (χ0) is 31.6. The van der Waals surface area contributed by atoms with Crippen molar-refractivity contribution in [2.45, 2.75) is 38.8 Å². The van der Waals surface area contributed by atoms with Gasteiger partial charge in [-0.25, -0.2) is 0 Å². The third-order valence-corrected chi connectivity index (χ3v) is 9.19. The van der Waals surface area contributed by atoms with Crippen molar-refractivity contribution in [3.05, 3.63) is 131 Å². The molecule has 2 aliphatic heterocycles. The fraction of sp³-hybridized carbons (Fsp3) is 0.231. The van der Waals surface area contributed by atoms with E-state index in [2.05, 4.69) is 74.8 Å². The van der Waals surface area contributed by atoms with Crippen LogP contribution in [0.3, 0.4) is 0 Å². The minimum atomic E-state index is -0.204. The van der Waals surface area contributed by atoms with Gasteiger partial charge in [0.2, 0.25) is 0 Å². The van der Waals surface area contributed by atoms with Gasteiger partial charge in [0.1, 0.15) is 0 Å². The van der Waals surface area contributed by atoms with Crippen molar-refractivity contribution in [2.24, 2.45) is 7.05 Å². The summed E-state index contributed by atoms with van der Waals surface area (Å²) in [6, 6.07) is 32.1. The summed E-state index contributed by atoms with van der Waals surface area (Å²) in [4.78, 5) is 29.8. The lowest BCUT2D eigenvalue weighted by Crippen LogP contribution is -2.28. The maximum atomic E-state index is 13.7. The summed E-state index contributed by atoms with van der Waals surface area (Å²) < 4.78 is 2.08. The largest absolute Gasteiger partial charge is 0.354 e. The van der Waals surface area contributed by atoms with Gasteiger partial charge in [0, 0.05) is 53.2 Å². The minimum Gasteiger partial charge on any atom is -0.354 e. The molecule has 0 unspecified atom stereocenters. The van der Waals surface area contributed by atoms with E-state index >= 15 is 0 Å². The summed E-state index contributed by atoms with van der Waals surface area (Å²) in [7, 11) is 2.03. The van der Waals surface area contributed by atoms with E-state index in [9.17, 15) is 9.59 Å². The average Bonchev–Trinajstić information content (AvgIpc) is 3.82. The topological polar surface area (TPSA) is 78.4 Å². The Balaban J connectivity index is 1.26. The monoisotopic (exact) mass is 609 g/mol. The molecule has 46 heavy (non-hydrogen) atoms. The first kappa shape index (κ1) is 29.6. The van der Waals surface area contributed by atoms with Crippen molar-refractivity contribution in [3.63, 3.8) is 0 Å². The van der Waals surface area contributed by atoms with E-state index in [1.807, 2.05) is 61.8 Å². The molecule has 3 heterocycles. The standard InChI is InChI=1S/C39H39N5O2/c1-3-33(27-9-5-4-6-10-27)41-38(45)30-13-17-34-32(24-30)36(39(46)42-34)37(29-14-18-35-28(23-29)19-22-43(35)2)40-31-15-11-26(12-16-31)25-44-20-7-8-21-44/h4-6,9-19,22-24,33,40H,3,7-8,20-21,25H2,1-2H3,(H,41,45)(H,42,46)/t33-/m1/s1. The van der Waals surface area contributed by atoms with Crippen LogP contribution in [0.15, 0.2) is 103 Å². The zero-order valence-electron chi connectivity index (χ0n) is 26.3. The SMILES string of the molecule is CC[C@@H](NC(=O)c1ccc2c(c1)C(=C(Nc1ccc(CN3CCCC3)cc1)c1ccc3c(ccn3C)c1)C(=O)N2)c1ccccc1. The molecule has 2 aliphatic rings. The number of aromatic nitrogens is 1. The van der Waals surface area contributed by atoms with Gasteiger partial charge in [0.05, 0.1) is 17.3 Å². The first-order chi connectivity index (χ1) is 22.5. The maximum Gasteiger partial charge on any atom is 0.258 e. The molecule has 7 heteroatoms. The summed E-state index contributed by atoms with van der Waals surface area (Å²) in [5.41, 5.74) is 8.33. The molecule has 2 amide bonds. The van der Waals surface area contributed by atoms with Crippen LogP contribution < -0.4 is 16.0 Å². The molecule has 0 aliphatic carbocycles. The molecule has 0 bridgehead atoms. The van der Waals surface area contributed by atoms with Gasteiger partial charge in [-0.3, -0.25) is 14.5 Å². The predicted molar refractivity (Wildman–Crippen MR) is 186 cm³/mol. The van der Waals surface area contributed by atoms with Crippen LogP contribution in [-0.2, 0) is 18.4 Å². The van der Waals surface area contributed by atoms with Gasteiger partial charge in [0.25, 0.3) is 11.8 Å². The highest BCUT2D eigenvalue weighted by Crippen LogP contribution is 2.39. The second-order valence-electron chi connectivity index (χ2n) is 12.3. The molecule has 232 valence electrons. The van der Waals surface area contributed by atoms with E-state index in [4.69, 9.17) is 0 Å². The average molecular weight is 610 g/mol. The van der Waals surface area contributed by atoms with E-state index < -0.39 is 0 Å². The Morgan fingerprint density at radius 3 is 2.41 bits per heavy atom. The van der Waals surface area contributed by atoms with E-state index in [1.54, 1.807) is 6.07 Å². The molecule has 7 rings (SSSR count). The second-order valence-corrected chi connectivity index (χ2v) is 12.3. The number of amides is 2. The summed E-state index contributed by atoms with van der Waals surface area (Å²) >= 11 is 0. The quantitative estimate of drug-likeness (QED) is 0.151. The van der Waals surface area contributed by atoms with Gasteiger partial charge < -0.3 is 20.5 Å². The number of benzene rings is 4. The first-order valence-electron chi connectivity index (χ1n) is 16.2. The van der Waals surface area contributed by atoms with Gasteiger partial charge in [-0.15, -0.1) is 0 Å². The van der Waals surface area contributed by atoms with Crippen LogP contribution in [0, 0.1) is 0 Å². The van der Waals surface area contributed by atoms with E-state index in [0.29, 0.717) is 28.1 Å². The highest BCUT2D eigenvalue weighted by Gasteiger charge is 2.30. The van der Waals surface area contributed by atoms with Gasteiger partial charge in [-0.2, -0.15) is 0 Å². The lowest BCUT2D eigenvalue weighted by atomic mass is 9.97. The number of nitrogens with zero attached hydrogens (tertiary/aromatic N) is 2. The van der Waals surface area contributed by atoms with Gasteiger partial charge in [-0.05, 0) is 97.6 Å². The minimum absolute atomic E-state index is 0.111. The molecule has 1 saturated heterocycles. The first-order valence-corrected chi connectivity index (χ1v) is 16.2. The fourth-order valence-electron chi connectivity index (χ4n) is 6.66. The van der Waals surface area contributed by atoms with Crippen LogP contribution in [-0.4, -0.2) is 34.4 Å². The number of hydrogen-bond donors (Lipinski definition) is 3. The van der Waals surface area contributed by atoms with Crippen molar-refractivity contribution in [1.29, 1.82) is 0 Å². The van der Waals surface area contributed by atoms with Crippen LogP contribution in [0.2, 0.25) is 0 Å². The molecule has 4 aromatic carbocycles. The van der Waals surface area contributed by atoms with Crippen molar-refractivity contribution in [3.8, 4) is 0 Å². The molecule has 5 aromatic rings. The fourth-order valence-corrected chi connectivity index (χ4v) is 6.66. The number of aryl methyl sites for hydroxylation is 1. The maximum absolute atomic E-state index is 13.7. The van der Waals surface area contributed by atoms with Crippen LogP contribution in [0.4, 0.5) is 11.4 Å². The second kappa shape index (κ2) is 12.7. The highest BCUT2D eigenvalue weighted by molar-refractivity contribution is 6.37. The van der Waals surface area contributed by atoms with Crippen molar-refractivity contribution < 1.29 is 9.59 Å². The van der Waals surface area contributed by atoms with Crippen molar-refractivity contribution >= 4 is 45.4 Å². The Morgan fingerprint density at radius 1 is 0.891 bits per heavy atom. The van der Waals surface area contributed by atoms with E-state index in [-0.39, 0.29) is 17.9 Å². The number of likely N-dealkylation sites (tertiary alicyclic amines) is 1. The zero-order valence-corrected chi connectivity index (χ0v) is 26.3. The summed E-state index contributed by atoms with van der Waals surface area (Å²) in [6.07, 6.45) is 5.33. The predicted octanol–water partition coefficient (Wildman–Crippen LogP) is 7.59. The lowest BCUT2D eigenvalue weighted by molar-refractivity contribution is -0.110. The molecule has 1 atom stereocenters. The van der Waals surface area contributed by atoms with Gasteiger partial charge in [-0.1, -0.05) is 55.5 Å². The van der Waals surface area contributed by atoms with Crippen LogP contribution in [0.5, 0.6) is 0 Å². The normalized spacial score (nSPS) is 16.3. The molecular formula is C39H39N5O2. The van der Waals surface area contributed by atoms with Crippen molar-refractivity contribution in [2.75, 3.05) is 23.7 Å². The molecule has 1 fully saturated rings. The molecule has 1 aromatic heterocycles. The summed E-state index contributed by atoms with van der Waals surface area (Å²) in [6.45, 7) is 5.31. The van der Waals surface area contributed by atoms with E-state index in [0.717, 1.165) is 53.8 Å². The third kappa shape index (κ3) is 5.94. The molecular weight excluding hydrogens is 570 g/mol. The van der Waals surface area contributed by atoms with Gasteiger partial charge in [0.15, 0.2) is 0 Å². The number of carbonyl (C=O) groups excluding carboxylic acids is 2. The Labute approximate surface area is 269 Å². The third-order valence-electron chi connectivity index (χ3n) is 9.19. The number of nitrogens with one attached hydrogen (secondary N) is 3. The number of hydrogen-bond acceptors (Lipinski definition) is 4.